The molecule has 4 nitrogen and oxygen atoms in total. The number of hydrogen-bond donors (Lipinski definition) is 2. The molecule has 0 aromatic carbocycles. The summed E-state index contributed by atoms with van der Waals surface area (Å²) < 4.78 is 0. The van der Waals surface area contributed by atoms with Gasteiger partial charge in [0.15, 0.2) is 5.78 Å². The summed E-state index contributed by atoms with van der Waals surface area (Å²) >= 11 is 0. The fourth-order valence-corrected chi connectivity index (χ4v) is 7.07. The lowest BCUT2D eigenvalue weighted by atomic mass is 9.42. The highest BCUT2D eigenvalue weighted by atomic mass is 16.3. The Morgan fingerprint density at radius 2 is 1.75 bits per heavy atom. The molecule has 4 rings (SSSR count). The van der Waals surface area contributed by atoms with Gasteiger partial charge in [0.05, 0.1) is 6.10 Å². The van der Waals surface area contributed by atoms with E-state index in [1.807, 2.05) is 6.92 Å². The molecule has 24 heavy (non-hydrogen) atoms. The molecule has 0 radical (unpaired) electrons. The second-order valence-corrected chi connectivity index (χ2v) is 9.47. The van der Waals surface area contributed by atoms with Crippen molar-refractivity contribution in [3.63, 3.8) is 0 Å². The average Bonchev–Trinajstić information content (AvgIpc) is 2.52. The van der Waals surface area contributed by atoms with Crippen molar-refractivity contribution in [1.82, 2.24) is 0 Å². The lowest BCUT2D eigenvalue weighted by Gasteiger charge is -2.61. The molecule has 4 saturated carbocycles. The van der Waals surface area contributed by atoms with Crippen molar-refractivity contribution in [1.29, 1.82) is 0 Å². The molecule has 0 aromatic rings. The Balaban J connectivity index is 1.70. The van der Waals surface area contributed by atoms with Gasteiger partial charge in [-0.2, -0.15) is 0 Å². The van der Waals surface area contributed by atoms with Crippen LogP contribution in [0.3, 0.4) is 0 Å². The molecule has 4 aliphatic carbocycles. The van der Waals surface area contributed by atoms with E-state index in [2.05, 4.69) is 6.92 Å². The van der Waals surface area contributed by atoms with E-state index in [9.17, 15) is 19.8 Å². The third-order valence-electron chi connectivity index (χ3n) is 8.33. The Hall–Kier alpha value is -0.740. The van der Waals surface area contributed by atoms with Crippen LogP contribution in [0.15, 0.2) is 0 Å². The number of rotatable bonds is 0. The van der Waals surface area contributed by atoms with Gasteiger partial charge in [-0.25, -0.2) is 0 Å². The first-order chi connectivity index (χ1) is 11.3. The van der Waals surface area contributed by atoms with Gasteiger partial charge in [0, 0.05) is 17.8 Å². The molecular weight excluding hydrogens is 304 g/mol. The Kier molecular flexibility index (Phi) is 3.74. The quantitative estimate of drug-likeness (QED) is 0.714. The van der Waals surface area contributed by atoms with Crippen LogP contribution in [0, 0.1) is 34.5 Å². The van der Waals surface area contributed by atoms with E-state index in [-0.39, 0.29) is 40.8 Å². The Morgan fingerprint density at radius 3 is 2.50 bits per heavy atom. The maximum atomic E-state index is 13.2. The average molecular weight is 334 g/mol. The molecule has 0 amide bonds. The number of carbonyl (C=O) groups excluding carboxylic acids is 2. The minimum Gasteiger partial charge on any atom is -0.393 e. The number of aliphatic hydroxyl groups is 2. The molecule has 0 aromatic heterocycles. The van der Waals surface area contributed by atoms with Crippen molar-refractivity contribution in [2.24, 2.45) is 34.5 Å². The Bertz CT molecular complexity index is 572. The molecule has 0 heterocycles. The van der Waals surface area contributed by atoms with Crippen LogP contribution in [0.1, 0.15) is 65.2 Å². The van der Waals surface area contributed by atoms with Crippen LogP contribution in [0.2, 0.25) is 0 Å². The summed E-state index contributed by atoms with van der Waals surface area (Å²) in [6.07, 6.45) is 5.22. The highest BCUT2D eigenvalue weighted by Crippen LogP contribution is 2.63. The van der Waals surface area contributed by atoms with E-state index < -0.39 is 11.5 Å². The molecule has 0 bridgehead atoms. The van der Waals surface area contributed by atoms with Crippen molar-refractivity contribution in [2.45, 2.75) is 77.4 Å². The van der Waals surface area contributed by atoms with Crippen molar-refractivity contribution in [3.8, 4) is 0 Å². The SMILES string of the molecule is CC12CC(=O)C3C(CCC4C[C@H](O)CCC43C)C1CCC(O)C2=O. The van der Waals surface area contributed by atoms with Crippen LogP contribution < -0.4 is 0 Å². The minimum atomic E-state index is -0.882. The van der Waals surface area contributed by atoms with Crippen molar-refractivity contribution in [3.05, 3.63) is 0 Å². The molecular formula is C20H30O4. The predicted octanol–water partition coefficient (Wildman–Crippen LogP) is 2.50. The van der Waals surface area contributed by atoms with Crippen LogP contribution in [-0.4, -0.2) is 34.0 Å². The molecule has 8 atom stereocenters. The Morgan fingerprint density at radius 1 is 1.00 bits per heavy atom. The van der Waals surface area contributed by atoms with Crippen LogP contribution in [-0.2, 0) is 9.59 Å². The molecule has 4 aliphatic rings. The third kappa shape index (κ3) is 2.11. The molecule has 134 valence electrons. The number of ketones is 2. The molecule has 0 saturated heterocycles. The van der Waals surface area contributed by atoms with Gasteiger partial charge in [-0.15, -0.1) is 0 Å². The van der Waals surface area contributed by atoms with Gasteiger partial charge in [-0.1, -0.05) is 13.8 Å². The van der Waals surface area contributed by atoms with Crippen LogP contribution in [0.25, 0.3) is 0 Å². The summed E-state index contributed by atoms with van der Waals surface area (Å²) in [6.45, 7) is 4.19. The number of Topliss-reactive ketones (excluding diaryl/α,β-unsaturated/α-hetero) is 2. The van der Waals surface area contributed by atoms with E-state index in [0.717, 1.165) is 38.5 Å². The van der Waals surface area contributed by atoms with Crippen LogP contribution in [0.5, 0.6) is 0 Å². The maximum Gasteiger partial charge on any atom is 0.167 e. The maximum absolute atomic E-state index is 13.2. The normalized spacial score (nSPS) is 54.7. The van der Waals surface area contributed by atoms with E-state index in [4.69, 9.17) is 0 Å². The van der Waals surface area contributed by atoms with Gasteiger partial charge < -0.3 is 10.2 Å². The third-order valence-corrected chi connectivity index (χ3v) is 8.33. The fraction of sp³-hybridized carbons (Fsp3) is 0.900. The lowest BCUT2D eigenvalue weighted by molar-refractivity contribution is -0.176. The smallest absolute Gasteiger partial charge is 0.167 e. The standard InChI is InChI=1S/C20H30O4/c1-19-8-7-12(21)9-11(19)3-4-13-14-5-6-15(22)18(24)20(14,2)10-16(23)17(13)19/h11-15,17,21-22H,3-10H2,1-2H3/t11?,12-,13?,14?,15?,17?,19?,20?/m1/s1. The monoisotopic (exact) mass is 334 g/mol. The largest absolute Gasteiger partial charge is 0.393 e. The number of hydrogen-bond acceptors (Lipinski definition) is 4. The van der Waals surface area contributed by atoms with Crippen LogP contribution in [0.4, 0.5) is 0 Å². The number of fused-ring (bicyclic) bond motifs is 5. The summed E-state index contributed by atoms with van der Waals surface area (Å²) in [7, 11) is 0. The van der Waals surface area contributed by atoms with Gasteiger partial charge in [0.2, 0.25) is 0 Å². The summed E-state index contributed by atoms with van der Waals surface area (Å²) in [5.74, 6) is 1.14. The van der Waals surface area contributed by atoms with Gasteiger partial charge >= 0.3 is 0 Å². The zero-order chi connectivity index (χ0) is 17.3. The van der Waals surface area contributed by atoms with Gasteiger partial charge in [-0.3, -0.25) is 9.59 Å². The molecule has 7 unspecified atom stereocenters. The van der Waals surface area contributed by atoms with Gasteiger partial charge in [0.1, 0.15) is 11.9 Å². The second kappa shape index (κ2) is 5.38. The van der Waals surface area contributed by atoms with E-state index >= 15 is 0 Å². The number of carbonyl (C=O) groups is 2. The highest BCUT2D eigenvalue weighted by molar-refractivity contribution is 5.96. The first-order valence-corrected chi connectivity index (χ1v) is 9.70. The molecule has 0 aliphatic heterocycles. The highest BCUT2D eigenvalue weighted by Gasteiger charge is 2.63. The molecule has 4 heteroatoms. The van der Waals surface area contributed by atoms with Crippen molar-refractivity contribution < 1.29 is 19.8 Å². The predicted molar refractivity (Wildman–Crippen MR) is 89.1 cm³/mol. The second-order valence-electron chi connectivity index (χ2n) is 9.47. The Labute approximate surface area is 144 Å². The van der Waals surface area contributed by atoms with E-state index in [1.165, 1.54) is 0 Å². The summed E-state index contributed by atoms with van der Waals surface area (Å²) in [6, 6.07) is 0. The van der Waals surface area contributed by atoms with Crippen molar-refractivity contribution in [2.75, 3.05) is 0 Å². The zero-order valence-corrected chi connectivity index (χ0v) is 14.8. The molecule has 4 fully saturated rings. The fourth-order valence-electron chi connectivity index (χ4n) is 7.07. The van der Waals surface area contributed by atoms with Gasteiger partial charge in [0.25, 0.3) is 0 Å². The topological polar surface area (TPSA) is 74.6 Å². The first kappa shape index (κ1) is 16.7. The molecule has 2 N–H and O–H groups in total. The minimum absolute atomic E-state index is 0.0142. The zero-order valence-electron chi connectivity index (χ0n) is 14.8. The lowest BCUT2D eigenvalue weighted by Crippen LogP contribution is -2.61. The van der Waals surface area contributed by atoms with Gasteiger partial charge in [-0.05, 0) is 68.1 Å². The summed E-state index contributed by atoms with van der Waals surface area (Å²) in [5, 5.41) is 20.1. The van der Waals surface area contributed by atoms with Crippen LogP contribution >= 0.6 is 0 Å². The van der Waals surface area contributed by atoms with E-state index in [0.29, 0.717) is 18.8 Å². The molecule has 0 spiro atoms. The first-order valence-electron chi connectivity index (χ1n) is 9.70. The summed E-state index contributed by atoms with van der Waals surface area (Å²) in [4.78, 5) is 25.9. The van der Waals surface area contributed by atoms with Crippen molar-refractivity contribution >= 4 is 11.6 Å². The number of aliphatic hydroxyl groups excluding tert-OH is 2. The van der Waals surface area contributed by atoms with E-state index in [1.54, 1.807) is 0 Å². The summed E-state index contributed by atoms with van der Waals surface area (Å²) in [5.41, 5.74) is -0.674.